The highest BCUT2D eigenvalue weighted by Gasteiger charge is 2.22. The van der Waals surface area contributed by atoms with E-state index in [0.29, 0.717) is 16.1 Å². The SMILES string of the molecule is O=C(c1ccc(CSc2nc(Cl)cc(N3CCN(C/C=C/c4ccccc4)CC3)n2)cc1)N1CCN(C/C=C/c2ccccc2)CC1. The number of carbonyl (C=O) groups excluding carboxylic acids is 1. The summed E-state index contributed by atoms with van der Waals surface area (Å²) in [5, 5.41) is 1.12. The van der Waals surface area contributed by atoms with Crippen LogP contribution in [0.15, 0.2) is 108 Å². The van der Waals surface area contributed by atoms with Crippen molar-refractivity contribution in [2.75, 3.05) is 70.3 Å². The summed E-state index contributed by atoms with van der Waals surface area (Å²) in [4.78, 5) is 31.6. The van der Waals surface area contributed by atoms with E-state index in [-0.39, 0.29) is 5.91 Å². The first-order valence-electron chi connectivity index (χ1n) is 16.3. The van der Waals surface area contributed by atoms with Crippen LogP contribution in [0.4, 0.5) is 5.82 Å². The summed E-state index contributed by atoms with van der Waals surface area (Å²) in [6, 6.07) is 30.5. The number of aromatic nitrogens is 2. The van der Waals surface area contributed by atoms with Gasteiger partial charge in [0.1, 0.15) is 11.0 Å². The average molecular weight is 665 g/mol. The number of hydrogen-bond donors (Lipinski definition) is 0. The Morgan fingerprint density at radius 1 is 0.702 bits per heavy atom. The molecule has 2 aliphatic rings. The fourth-order valence-electron chi connectivity index (χ4n) is 5.78. The number of amides is 1. The van der Waals surface area contributed by atoms with E-state index >= 15 is 0 Å². The van der Waals surface area contributed by atoms with Gasteiger partial charge in [0.2, 0.25) is 0 Å². The van der Waals surface area contributed by atoms with E-state index in [1.165, 1.54) is 11.1 Å². The topological polar surface area (TPSA) is 55.8 Å². The Labute approximate surface area is 287 Å². The minimum atomic E-state index is 0.0961. The molecule has 9 heteroatoms. The van der Waals surface area contributed by atoms with E-state index in [9.17, 15) is 4.79 Å². The summed E-state index contributed by atoms with van der Waals surface area (Å²) in [7, 11) is 0. The van der Waals surface area contributed by atoms with Gasteiger partial charge in [-0.25, -0.2) is 9.97 Å². The van der Waals surface area contributed by atoms with E-state index in [4.69, 9.17) is 16.6 Å². The summed E-state index contributed by atoms with van der Waals surface area (Å²) in [6.07, 6.45) is 8.77. The van der Waals surface area contributed by atoms with Gasteiger partial charge in [0, 0.05) is 82.8 Å². The van der Waals surface area contributed by atoms with Crippen LogP contribution in [-0.4, -0.2) is 96.0 Å². The number of thioether (sulfide) groups is 1. The van der Waals surface area contributed by atoms with Crippen LogP contribution in [0.5, 0.6) is 0 Å². The Morgan fingerprint density at radius 3 is 1.83 bits per heavy atom. The van der Waals surface area contributed by atoms with Gasteiger partial charge in [-0.15, -0.1) is 0 Å². The average Bonchev–Trinajstić information content (AvgIpc) is 3.12. The van der Waals surface area contributed by atoms with Crippen molar-refractivity contribution in [1.82, 2.24) is 24.7 Å². The molecule has 3 aromatic carbocycles. The fraction of sp³-hybridized carbons (Fsp3) is 0.289. The molecule has 242 valence electrons. The Kier molecular flexibility index (Phi) is 11.7. The molecule has 6 rings (SSSR count). The standard InChI is InChI=1S/C38H41ClN6OS/c39-35-29-36(44-25-21-42(22-26-44)19-7-13-31-9-3-1-4-10-31)41-38(40-35)47-30-33-15-17-34(18-16-33)37(46)45-27-23-43(24-28-45)20-8-14-32-11-5-2-6-12-32/h1-18,29H,19-28,30H2/b13-7+,14-8+. The molecule has 0 N–H and O–H groups in total. The zero-order chi connectivity index (χ0) is 32.3. The second-order valence-electron chi connectivity index (χ2n) is 11.8. The minimum absolute atomic E-state index is 0.0961. The van der Waals surface area contributed by atoms with Gasteiger partial charge >= 0.3 is 0 Å². The second-order valence-corrected chi connectivity index (χ2v) is 13.2. The van der Waals surface area contributed by atoms with E-state index in [2.05, 4.69) is 92.5 Å². The fourth-order valence-corrected chi connectivity index (χ4v) is 6.82. The third-order valence-corrected chi connectivity index (χ3v) is 9.64. The zero-order valence-electron chi connectivity index (χ0n) is 26.6. The smallest absolute Gasteiger partial charge is 0.253 e. The molecule has 47 heavy (non-hydrogen) atoms. The molecule has 2 saturated heterocycles. The maximum Gasteiger partial charge on any atom is 0.253 e. The third-order valence-electron chi connectivity index (χ3n) is 8.53. The number of nitrogens with zero attached hydrogens (tertiary/aromatic N) is 6. The van der Waals surface area contributed by atoms with Crippen LogP contribution < -0.4 is 4.90 Å². The molecule has 0 atom stereocenters. The molecule has 2 fully saturated rings. The normalized spacial score (nSPS) is 16.4. The number of carbonyl (C=O) groups is 1. The molecule has 4 aromatic rings. The minimum Gasteiger partial charge on any atom is -0.354 e. The van der Waals surface area contributed by atoms with Crippen LogP contribution in [0.3, 0.4) is 0 Å². The summed E-state index contributed by atoms with van der Waals surface area (Å²) in [5.74, 6) is 1.67. The number of rotatable bonds is 11. The molecule has 2 aliphatic heterocycles. The first kappa shape index (κ1) is 33.0. The highest BCUT2D eigenvalue weighted by atomic mass is 35.5. The van der Waals surface area contributed by atoms with Crippen molar-refractivity contribution in [3.63, 3.8) is 0 Å². The van der Waals surface area contributed by atoms with Gasteiger partial charge in [-0.3, -0.25) is 14.6 Å². The van der Waals surface area contributed by atoms with Crippen molar-refractivity contribution in [2.24, 2.45) is 0 Å². The van der Waals surface area contributed by atoms with Gasteiger partial charge in [-0.1, -0.05) is 120 Å². The Morgan fingerprint density at radius 2 is 1.26 bits per heavy atom. The summed E-state index contributed by atoms with van der Waals surface area (Å²) in [6.45, 7) is 8.79. The molecule has 1 aromatic heterocycles. The van der Waals surface area contributed by atoms with Crippen LogP contribution in [0.1, 0.15) is 27.0 Å². The molecule has 0 saturated carbocycles. The lowest BCUT2D eigenvalue weighted by molar-refractivity contribution is 0.0650. The van der Waals surface area contributed by atoms with Crippen molar-refractivity contribution in [3.8, 4) is 0 Å². The van der Waals surface area contributed by atoms with Gasteiger partial charge in [-0.05, 0) is 28.8 Å². The third kappa shape index (κ3) is 9.78. The van der Waals surface area contributed by atoms with Crippen LogP contribution in [0.2, 0.25) is 5.15 Å². The number of anilines is 1. The Hall–Kier alpha value is -3.95. The van der Waals surface area contributed by atoms with E-state index in [1.807, 2.05) is 47.4 Å². The van der Waals surface area contributed by atoms with Gasteiger partial charge in [0.05, 0.1) is 0 Å². The predicted molar refractivity (Wildman–Crippen MR) is 195 cm³/mol. The molecule has 0 unspecified atom stereocenters. The molecule has 0 spiro atoms. The lowest BCUT2D eigenvalue weighted by atomic mass is 10.1. The molecule has 0 bridgehead atoms. The molecule has 0 radical (unpaired) electrons. The lowest BCUT2D eigenvalue weighted by Gasteiger charge is -2.35. The zero-order valence-corrected chi connectivity index (χ0v) is 28.2. The quantitative estimate of drug-likeness (QED) is 0.100. The number of piperazine rings is 2. The van der Waals surface area contributed by atoms with Gasteiger partial charge < -0.3 is 9.80 Å². The first-order valence-corrected chi connectivity index (χ1v) is 17.6. The molecular weight excluding hydrogens is 624 g/mol. The van der Waals surface area contributed by atoms with Crippen molar-refractivity contribution in [2.45, 2.75) is 10.9 Å². The van der Waals surface area contributed by atoms with E-state index in [0.717, 1.165) is 82.4 Å². The van der Waals surface area contributed by atoms with Crippen molar-refractivity contribution in [3.05, 3.63) is 131 Å². The molecule has 7 nitrogen and oxygen atoms in total. The van der Waals surface area contributed by atoms with E-state index < -0.39 is 0 Å². The lowest BCUT2D eigenvalue weighted by Crippen LogP contribution is -2.48. The van der Waals surface area contributed by atoms with Crippen molar-refractivity contribution < 1.29 is 4.79 Å². The Bertz CT molecular complexity index is 1630. The molecule has 3 heterocycles. The number of halogens is 1. The summed E-state index contributed by atoms with van der Waals surface area (Å²) in [5.41, 5.74) is 4.28. The largest absolute Gasteiger partial charge is 0.354 e. The van der Waals surface area contributed by atoms with Gasteiger partial charge in [0.15, 0.2) is 5.16 Å². The van der Waals surface area contributed by atoms with Crippen LogP contribution in [-0.2, 0) is 5.75 Å². The molecule has 1 amide bonds. The van der Waals surface area contributed by atoms with Gasteiger partial charge in [0.25, 0.3) is 5.91 Å². The maximum absolute atomic E-state index is 13.2. The Balaban J connectivity index is 0.941. The number of hydrogen-bond acceptors (Lipinski definition) is 7. The van der Waals surface area contributed by atoms with Crippen LogP contribution in [0.25, 0.3) is 12.2 Å². The van der Waals surface area contributed by atoms with Crippen LogP contribution in [0, 0.1) is 0 Å². The first-order chi connectivity index (χ1) is 23.1. The van der Waals surface area contributed by atoms with E-state index in [1.54, 1.807) is 11.8 Å². The highest BCUT2D eigenvalue weighted by Crippen LogP contribution is 2.26. The van der Waals surface area contributed by atoms with Crippen molar-refractivity contribution in [1.29, 1.82) is 0 Å². The maximum atomic E-state index is 13.2. The van der Waals surface area contributed by atoms with Crippen LogP contribution >= 0.6 is 23.4 Å². The second kappa shape index (κ2) is 16.7. The van der Waals surface area contributed by atoms with Crippen molar-refractivity contribution >= 4 is 47.2 Å². The summed E-state index contributed by atoms with van der Waals surface area (Å²) < 4.78 is 0. The molecule has 0 aliphatic carbocycles. The summed E-state index contributed by atoms with van der Waals surface area (Å²) >= 11 is 8.00. The highest BCUT2D eigenvalue weighted by molar-refractivity contribution is 7.98. The molecular formula is C38H41ClN6OS. The monoisotopic (exact) mass is 664 g/mol. The number of benzene rings is 3. The van der Waals surface area contributed by atoms with Gasteiger partial charge in [-0.2, -0.15) is 0 Å². The predicted octanol–water partition coefficient (Wildman–Crippen LogP) is 6.73.